The van der Waals surface area contributed by atoms with Gasteiger partial charge in [0, 0.05) is 0 Å². The number of esters is 2. The van der Waals surface area contributed by atoms with Crippen LogP contribution in [0.5, 0.6) is 0 Å². The van der Waals surface area contributed by atoms with Crippen LogP contribution in [0.3, 0.4) is 0 Å². The monoisotopic (exact) mass is 233 g/mol. The summed E-state index contributed by atoms with van der Waals surface area (Å²) in [5, 5.41) is 0. The molecule has 1 fully saturated rings. The molecule has 0 unspecified atom stereocenters. The maximum Gasteiger partial charge on any atom is 0.333 e. The number of rotatable bonds is 2. The van der Waals surface area contributed by atoms with E-state index in [9.17, 15) is 14.4 Å². The molecule has 88 valence electrons. The van der Waals surface area contributed by atoms with E-state index in [4.69, 9.17) is 0 Å². The predicted molar refractivity (Wildman–Crippen MR) is 57.8 cm³/mol. The fourth-order valence-corrected chi connectivity index (χ4v) is 1.62. The number of nitrogens with zero attached hydrogens (tertiary/aromatic N) is 1. The van der Waals surface area contributed by atoms with Crippen LogP contribution in [0.4, 0.5) is 0 Å². The Balaban J connectivity index is 2.00. The number of amides is 1. The van der Waals surface area contributed by atoms with Crippen molar-refractivity contribution in [3.63, 3.8) is 0 Å². The van der Waals surface area contributed by atoms with Gasteiger partial charge in [0.25, 0.3) is 0 Å². The van der Waals surface area contributed by atoms with Crippen molar-refractivity contribution in [1.29, 1.82) is 0 Å². The largest absolute Gasteiger partial charge is 0.390 e. The van der Waals surface area contributed by atoms with Crippen LogP contribution in [0, 0.1) is 0 Å². The highest BCUT2D eigenvalue weighted by Gasteiger charge is 2.28. The van der Waals surface area contributed by atoms with Crippen LogP contribution < -0.4 is 0 Å². The normalized spacial score (nSPS) is 15.6. The van der Waals surface area contributed by atoms with E-state index in [1.807, 2.05) is 30.3 Å². The van der Waals surface area contributed by atoms with E-state index in [1.54, 1.807) is 0 Å². The average Bonchev–Trinajstić information content (AvgIpc) is 2.29. The van der Waals surface area contributed by atoms with Crippen molar-refractivity contribution in [2.45, 2.75) is 6.42 Å². The van der Waals surface area contributed by atoms with Crippen LogP contribution >= 0.6 is 0 Å². The Hall–Kier alpha value is -2.17. The van der Waals surface area contributed by atoms with Gasteiger partial charge in [0.1, 0.15) is 13.1 Å². The smallest absolute Gasteiger partial charge is 0.333 e. The number of morpholine rings is 1. The number of cyclic esters (lactones) is 2. The van der Waals surface area contributed by atoms with Gasteiger partial charge in [0.05, 0.1) is 6.42 Å². The quantitative estimate of drug-likeness (QED) is 0.538. The third-order valence-electron chi connectivity index (χ3n) is 2.42. The summed E-state index contributed by atoms with van der Waals surface area (Å²) in [6.45, 7) is -0.311. The Morgan fingerprint density at radius 2 is 1.71 bits per heavy atom. The molecule has 0 aromatic heterocycles. The Bertz CT molecular complexity index is 439. The van der Waals surface area contributed by atoms with Crippen molar-refractivity contribution in [3.05, 3.63) is 35.9 Å². The Labute approximate surface area is 98.0 Å². The second-order valence-corrected chi connectivity index (χ2v) is 3.76. The first-order chi connectivity index (χ1) is 8.15. The zero-order valence-electron chi connectivity index (χ0n) is 9.09. The molecule has 1 aromatic rings. The lowest BCUT2D eigenvalue weighted by atomic mass is 10.1. The van der Waals surface area contributed by atoms with Gasteiger partial charge in [-0.25, -0.2) is 9.59 Å². The second kappa shape index (κ2) is 4.78. The molecule has 1 amide bonds. The van der Waals surface area contributed by atoms with Gasteiger partial charge in [-0.05, 0) is 5.56 Å². The summed E-state index contributed by atoms with van der Waals surface area (Å²) in [5.41, 5.74) is 0.851. The first-order valence-electron chi connectivity index (χ1n) is 5.20. The van der Waals surface area contributed by atoms with Crippen molar-refractivity contribution in [3.8, 4) is 0 Å². The summed E-state index contributed by atoms with van der Waals surface area (Å²) in [7, 11) is 0. The minimum absolute atomic E-state index is 0.155. The van der Waals surface area contributed by atoms with Gasteiger partial charge < -0.3 is 9.64 Å². The Kier molecular flexibility index (Phi) is 3.18. The van der Waals surface area contributed by atoms with E-state index in [0.717, 1.165) is 5.56 Å². The summed E-state index contributed by atoms with van der Waals surface area (Å²) in [4.78, 5) is 35.0. The van der Waals surface area contributed by atoms with Crippen molar-refractivity contribution in [2.75, 3.05) is 13.1 Å². The minimum atomic E-state index is -0.678. The molecule has 2 rings (SSSR count). The molecular weight excluding hydrogens is 222 g/mol. The number of carbonyl (C=O) groups excluding carboxylic acids is 3. The molecule has 0 N–H and O–H groups in total. The molecule has 1 saturated heterocycles. The summed E-state index contributed by atoms with van der Waals surface area (Å²) >= 11 is 0. The van der Waals surface area contributed by atoms with Crippen LogP contribution in [-0.2, 0) is 25.5 Å². The number of ether oxygens (including phenoxy) is 1. The van der Waals surface area contributed by atoms with Gasteiger partial charge in [0.15, 0.2) is 0 Å². The van der Waals surface area contributed by atoms with E-state index in [1.165, 1.54) is 4.90 Å². The van der Waals surface area contributed by atoms with Gasteiger partial charge in [-0.15, -0.1) is 0 Å². The fraction of sp³-hybridized carbons (Fsp3) is 0.250. The topological polar surface area (TPSA) is 63.7 Å². The lowest BCUT2D eigenvalue weighted by molar-refractivity contribution is -0.170. The minimum Gasteiger partial charge on any atom is -0.390 e. The summed E-state index contributed by atoms with van der Waals surface area (Å²) in [5.74, 6) is -1.61. The van der Waals surface area contributed by atoms with Gasteiger partial charge >= 0.3 is 11.9 Å². The van der Waals surface area contributed by atoms with Gasteiger partial charge in [-0.1, -0.05) is 30.3 Å². The zero-order valence-corrected chi connectivity index (χ0v) is 9.09. The molecule has 1 aliphatic heterocycles. The maximum absolute atomic E-state index is 11.8. The predicted octanol–water partition coefficient (Wildman–Crippen LogP) is 0.141. The van der Waals surface area contributed by atoms with Crippen LogP contribution in [-0.4, -0.2) is 35.8 Å². The number of carbonyl (C=O) groups is 3. The standard InChI is InChI=1S/C12H11NO4/c14-10(6-9-4-2-1-3-5-9)13-7-11(15)17-12(16)8-13/h1-5H,6-8H2. The molecule has 0 saturated carbocycles. The third kappa shape index (κ3) is 2.90. The van der Waals surface area contributed by atoms with Crippen molar-refractivity contribution >= 4 is 17.8 Å². The van der Waals surface area contributed by atoms with E-state index >= 15 is 0 Å². The molecule has 1 heterocycles. The molecular formula is C12H11NO4. The molecule has 0 radical (unpaired) electrons. The zero-order chi connectivity index (χ0) is 12.3. The average molecular weight is 233 g/mol. The maximum atomic E-state index is 11.8. The highest BCUT2D eigenvalue weighted by Crippen LogP contribution is 2.06. The molecule has 0 bridgehead atoms. The number of benzene rings is 1. The second-order valence-electron chi connectivity index (χ2n) is 3.76. The first kappa shape index (κ1) is 11.3. The van der Waals surface area contributed by atoms with Crippen LogP contribution in [0.1, 0.15) is 5.56 Å². The molecule has 0 spiro atoms. The number of hydrogen-bond acceptors (Lipinski definition) is 4. The lowest BCUT2D eigenvalue weighted by Gasteiger charge is -2.24. The van der Waals surface area contributed by atoms with E-state index in [2.05, 4.69) is 4.74 Å². The first-order valence-corrected chi connectivity index (χ1v) is 5.20. The molecule has 1 aliphatic rings. The Morgan fingerprint density at radius 1 is 1.12 bits per heavy atom. The molecule has 5 heteroatoms. The third-order valence-corrected chi connectivity index (χ3v) is 2.42. The molecule has 17 heavy (non-hydrogen) atoms. The highest BCUT2D eigenvalue weighted by molar-refractivity contribution is 5.95. The van der Waals surface area contributed by atoms with Crippen LogP contribution in [0.15, 0.2) is 30.3 Å². The number of hydrogen-bond donors (Lipinski definition) is 0. The fourth-order valence-electron chi connectivity index (χ4n) is 1.62. The Morgan fingerprint density at radius 3 is 2.29 bits per heavy atom. The molecule has 5 nitrogen and oxygen atoms in total. The van der Waals surface area contributed by atoms with E-state index < -0.39 is 11.9 Å². The summed E-state index contributed by atoms with van der Waals surface area (Å²) < 4.78 is 4.35. The van der Waals surface area contributed by atoms with Crippen molar-refractivity contribution in [2.24, 2.45) is 0 Å². The van der Waals surface area contributed by atoms with Crippen molar-refractivity contribution < 1.29 is 19.1 Å². The van der Waals surface area contributed by atoms with Gasteiger partial charge in [-0.3, -0.25) is 4.79 Å². The molecule has 1 aromatic carbocycles. The van der Waals surface area contributed by atoms with E-state index in [0.29, 0.717) is 0 Å². The SMILES string of the molecule is O=C1CN(C(=O)Cc2ccccc2)CC(=O)O1. The summed E-state index contributed by atoms with van der Waals surface area (Å²) in [6.07, 6.45) is 0.182. The van der Waals surface area contributed by atoms with E-state index in [-0.39, 0.29) is 25.4 Å². The van der Waals surface area contributed by atoms with Crippen molar-refractivity contribution in [1.82, 2.24) is 4.90 Å². The summed E-state index contributed by atoms with van der Waals surface area (Å²) in [6, 6.07) is 9.16. The van der Waals surface area contributed by atoms with Gasteiger partial charge in [-0.2, -0.15) is 0 Å². The molecule has 0 aliphatic carbocycles. The van der Waals surface area contributed by atoms with Crippen LogP contribution in [0.2, 0.25) is 0 Å². The lowest BCUT2D eigenvalue weighted by Crippen LogP contribution is -2.46. The van der Waals surface area contributed by atoms with Gasteiger partial charge in [0.2, 0.25) is 5.91 Å². The van der Waals surface area contributed by atoms with Crippen LogP contribution in [0.25, 0.3) is 0 Å². The highest BCUT2D eigenvalue weighted by atomic mass is 16.6. The molecule has 0 atom stereocenters.